The topological polar surface area (TPSA) is 69.7 Å². The lowest BCUT2D eigenvalue weighted by molar-refractivity contribution is -0.149. The van der Waals surface area contributed by atoms with Crippen LogP contribution in [0.3, 0.4) is 0 Å². The molecule has 2 atom stereocenters. The molecule has 2 aliphatic heterocycles. The normalized spacial score (nSPS) is 22.9. The van der Waals surface area contributed by atoms with Crippen LogP contribution in [0.15, 0.2) is 0 Å². The number of nitrogens with one attached hydrogen (secondary N) is 1. The summed E-state index contributed by atoms with van der Waals surface area (Å²) in [6.45, 7) is 13.8. The van der Waals surface area contributed by atoms with Crippen LogP contribution in [-0.4, -0.2) is 59.2 Å². The van der Waals surface area contributed by atoms with Crippen molar-refractivity contribution < 1.29 is 14.4 Å². The first kappa shape index (κ1) is 21.7. The molecule has 2 rings (SSSR count). The Labute approximate surface area is 164 Å². The van der Waals surface area contributed by atoms with Gasteiger partial charge in [0.1, 0.15) is 6.04 Å². The summed E-state index contributed by atoms with van der Waals surface area (Å²) in [4.78, 5) is 41.7. The molecule has 2 fully saturated rings. The van der Waals surface area contributed by atoms with E-state index in [0.29, 0.717) is 38.4 Å². The first-order valence-electron chi connectivity index (χ1n) is 10.4. The number of rotatable bonds is 4. The van der Waals surface area contributed by atoms with E-state index in [1.807, 2.05) is 32.6 Å². The molecule has 1 N–H and O–H groups in total. The van der Waals surface area contributed by atoms with Gasteiger partial charge in [-0.3, -0.25) is 14.4 Å². The minimum Gasteiger partial charge on any atom is -0.353 e. The predicted molar refractivity (Wildman–Crippen MR) is 106 cm³/mol. The summed E-state index contributed by atoms with van der Waals surface area (Å²) in [6, 6.07) is -0.171. The highest BCUT2D eigenvalue weighted by Gasteiger charge is 2.41. The van der Waals surface area contributed by atoms with Crippen LogP contribution < -0.4 is 5.32 Å². The quantitative estimate of drug-likeness (QED) is 0.815. The van der Waals surface area contributed by atoms with E-state index in [-0.39, 0.29) is 35.7 Å². The zero-order valence-corrected chi connectivity index (χ0v) is 17.9. The third kappa shape index (κ3) is 5.23. The fourth-order valence-corrected chi connectivity index (χ4v) is 3.78. The molecule has 6 heteroatoms. The average molecular weight is 380 g/mol. The Balaban J connectivity index is 1.91. The van der Waals surface area contributed by atoms with Crippen molar-refractivity contribution in [1.29, 1.82) is 0 Å². The maximum Gasteiger partial charge on any atom is 0.245 e. The monoisotopic (exact) mass is 379 g/mol. The Morgan fingerprint density at radius 3 is 2.07 bits per heavy atom. The maximum absolute atomic E-state index is 13.0. The number of likely N-dealkylation sites (tertiary alicyclic amines) is 2. The van der Waals surface area contributed by atoms with Crippen molar-refractivity contribution in [2.75, 3.05) is 19.6 Å². The molecule has 27 heavy (non-hydrogen) atoms. The second-order valence-corrected chi connectivity index (χ2v) is 9.55. The molecule has 0 radical (unpaired) electrons. The highest BCUT2D eigenvalue weighted by atomic mass is 16.2. The fraction of sp³-hybridized carbons (Fsp3) is 0.857. The number of hydrogen-bond donors (Lipinski definition) is 1. The summed E-state index contributed by atoms with van der Waals surface area (Å²) in [5.41, 5.74) is -0.471. The lowest BCUT2D eigenvalue weighted by Crippen LogP contribution is -2.53. The van der Waals surface area contributed by atoms with Gasteiger partial charge >= 0.3 is 0 Å². The van der Waals surface area contributed by atoms with Crippen LogP contribution in [-0.2, 0) is 14.4 Å². The van der Waals surface area contributed by atoms with Crippen LogP contribution in [0.25, 0.3) is 0 Å². The van der Waals surface area contributed by atoms with Gasteiger partial charge in [-0.05, 0) is 38.5 Å². The Bertz CT molecular complexity index is 560. The molecule has 0 aromatic carbocycles. The van der Waals surface area contributed by atoms with Crippen LogP contribution in [0.4, 0.5) is 0 Å². The van der Waals surface area contributed by atoms with Crippen molar-refractivity contribution >= 4 is 17.7 Å². The standard InChI is InChI=1S/C21H37N3O3/c1-14(2)15(3)22-18(25)16-9-12-23(13-10-16)19(26)17-8-7-11-24(17)20(27)21(4,5)6/h14-17H,7-13H2,1-6H3,(H,22,25). The van der Waals surface area contributed by atoms with Crippen molar-refractivity contribution in [3.8, 4) is 0 Å². The van der Waals surface area contributed by atoms with Crippen molar-refractivity contribution in [3.63, 3.8) is 0 Å². The van der Waals surface area contributed by atoms with Crippen LogP contribution in [0.5, 0.6) is 0 Å². The molecule has 0 spiro atoms. The maximum atomic E-state index is 13.0. The number of carbonyl (C=O) groups is 3. The second kappa shape index (κ2) is 8.61. The smallest absolute Gasteiger partial charge is 0.245 e. The SMILES string of the molecule is CC(C)C(C)NC(=O)C1CCN(C(=O)C2CCCN2C(=O)C(C)(C)C)CC1. The van der Waals surface area contributed by atoms with E-state index in [1.165, 1.54) is 0 Å². The molecule has 2 saturated heterocycles. The summed E-state index contributed by atoms with van der Waals surface area (Å²) < 4.78 is 0. The summed E-state index contributed by atoms with van der Waals surface area (Å²) in [5, 5.41) is 3.09. The second-order valence-electron chi connectivity index (χ2n) is 9.55. The van der Waals surface area contributed by atoms with Gasteiger partial charge in [0.15, 0.2) is 0 Å². The van der Waals surface area contributed by atoms with Gasteiger partial charge in [-0.25, -0.2) is 0 Å². The van der Waals surface area contributed by atoms with Gasteiger partial charge in [-0.1, -0.05) is 34.6 Å². The third-order valence-corrected chi connectivity index (χ3v) is 5.99. The zero-order valence-electron chi connectivity index (χ0n) is 17.9. The Morgan fingerprint density at radius 1 is 0.963 bits per heavy atom. The molecule has 2 aliphatic rings. The minimum atomic E-state index is -0.471. The van der Waals surface area contributed by atoms with Gasteiger partial charge in [-0.15, -0.1) is 0 Å². The van der Waals surface area contributed by atoms with Gasteiger partial charge in [0.2, 0.25) is 17.7 Å². The number of nitrogens with zero attached hydrogens (tertiary/aromatic N) is 2. The van der Waals surface area contributed by atoms with Crippen LogP contribution >= 0.6 is 0 Å². The predicted octanol–water partition coefficient (Wildman–Crippen LogP) is 2.42. The van der Waals surface area contributed by atoms with E-state index in [2.05, 4.69) is 19.2 Å². The van der Waals surface area contributed by atoms with Crippen molar-refractivity contribution in [2.45, 2.75) is 79.3 Å². The van der Waals surface area contributed by atoms with Crippen LogP contribution in [0.1, 0.15) is 67.2 Å². The van der Waals surface area contributed by atoms with E-state index < -0.39 is 5.41 Å². The van der Waals surface area contributed by atoms with Crippen molar-refractivity contribution in [1.82, 2.24) is 15.1 Å². The molecular formula is C21H37N3O3. The number of carbonyl (C=O) groups excluding carboxylic acids is 3. The average Bonchev–Trinajstić information content (AvgIpc) is 3.08. The summed E-state index contributed by atoms with van der Waals surface area (Å²) in [7, 11) is 0. The molecule has 0 aromatic heterocycles. The van der Waals surface area contributed by atoms with E-state index >= 15 is 0 Å². The molecule has 2 unspecified atom stereocenters. The molecule has 6 nitrogen and oxygen atoms in total. The molecule has 0 aliphatic carbocycles. The molecular weight excluding hydrogens is 342 g/mol. The Morgan fingerprint density at radius 2 is 1.56 bits per heavy atom. The van der Waals surface area contributed by atoms with E-state index in [9.17, 15) is 14.4 Å². The highest BCUT2D eigenvalue weighted by molar-refractivity contribution is 5.90. The van der Waals surface area contributed by atoms with Gasteiger partial charge in [0, 0.05) is 37.0 Å². The minimum absolute atomic E-state index is 0.0221. The molecule has 0 aromatic rings. The Kier molecular flexibility index (Phi) is 6.92. The lowest BCUT2D eigenvalue weighted by Gasteiger charge is -2.37. The third-order valence-electron chi connectivity index (χ3n) is 5.99. The molecule has 3 amide bonds. The van der Waals surface area contributed by atoms with E-state index in [1.54, 1.807) is 4.90 Å². The lowest BCUT2D eigenvalue weighted by atomic mass is 9.93. The van der Waals surface area contributed by atoms with Crippen molar-refractivity contribution in [3.05, 3.63) is 0 Å². The fourth-order valence-electron chi connectivity index (χ4n) is 3.78. The molecule has 154 valence electrons. The molecule has 2 heterocycles. The van der Waals surface area contributed by atoms with E-state index in [0.717, 1.165) is 12.8 Å². The first-order chi connectivity index (χ1) is 12.5. The van der Waals surface area contributed by atoms with Crippen molar-refractivity contribution in [2.24, 2.45) is 17.3 Å². The highest BCUT2D eigenvalue weighted by Crippen LogP contribution is 2.28. The zero-order chi connectivity index (χ0) is 20.4. The first-order valence-corrected chi connectivity index (χ1v) is 10.4. The number of amides is 3. The largest absolute Gasteiger partial charge is 0.353 e. The van der Waals surface area contributed by atoms with Gasteiger partial charge in [0.05, 0.1) is 0 Å². The van der Waals surface area contributed by atoms with E-state index in [4.69, 9.17) is 0 Å². The summed E-state index contributed by atoms with van der Waals surface area (Å²) in [6.07, 6.45) is 3.02. The van der Waals surface area contributed by atoms with Gasteiger partial charge in [0.25, 0.3) is 0 Å². The number of hydrogen-bond acceptors (Lipinski definition) is 3. The summed E-state index contributed by atoms with van der Waals surface area (Å²) >= 11 is 0. The van der Waals surface area contributed by atoms with Gasteiger partial charge < -0.3 is 15.1 Å². The Hall–Kier alpha value is -1.59. The van der Waals surface area contributed by atoms with Crippen LogP contribution in [0, 0.1) is 17.3 Å². The number of piperidine rings is 1. The van der Waals surface area contributed by atoms with Crippen LogP contribution in [0.2, 0.25) is 0 Å². The summed E-state index contributed by atoms with van der Waals surface area (Å²) in [5.74, 6) is 0.596. The molecule has 0 bridgehead atoms. The van der Waals surface area contributed by atoms with Gasteiger partial charge in [-0.2, -0.15) is 0 Å². The molecule has 0 saturated carbocycles.